The lowest BCUT2D eigenvalue weighted by Gasteiger charge is -2.14. The maximum atomic E-state index is 11.3. The van der Waals surface area contributed by atoms with Gasteiger partial charge in [0.1, 0.15) is 0 Å². The van der Waals surface area contributed by atoms with Gasteiger partial charge in [-0.15, -0.1) is 0 Å². The largest absolute Gasteiger partial charge is 0.368 e. The topological polar surface area (TPSA) is 55.1 Å². The van der Waals surface area contributed by atoms with Crippen molar-refractivity contribution in [2.45, 2.75) is 77.2 Å². The number of rotatable bonds is 12. The Morgan fingerprint density at radius 2 is 1.78 bits per heavy atom. The monoisotopic (exact) mass is 254 g/mol. The number of nitrogens with two attached hydrogens (primary N) is 1. The zero-order chi connectivity index (χ0) is 13.2. The average molecular weight is 254 g/mol. The lowest BCUT2D eigenvalue weighted by atomic mass is 10.0. The first-order valence-corrected chi connectivity index (χ1v) is 7.76. The van der Waals surface area contributed by atoms with Crippen LogP contribution in [0, 0.1) is 5.92 Å². The average Bonchev–Trinajstić information content (AvgIpc) is 3.15. The summed E-state index contributed by atoms with van der Waals surface area (Å²) >= 11 is 0. The van der Waals surface area contributed by atoms with Gasteiger partial charge in [0.2, 0.25) is 5.91 Å². The Morgan fingerprint density at radius 1 is 1.17 bits per heavy atom. The van der Waals surface area contributed by atoms with Gasteiger partial charge in [0.05, 0.1) is 6.04 Å². The summed E-state index contributed by atoms with van der Waals surface area (Å²) in [5.74, 6) is 0.627. The second-order valence-electron chi connectivity index (χ2n) is 5.72. The first-order chi connectivity index (χ1) is 8.74. The van der Waals surface area contributed by atoms with Crippen molar-refractivity contribution >= 4 is 5.91 Å². The van der Waals surface area contributed by atoms with Gasteiger partial charge in [-0.1, -0.05) is 51.9 Å². The van der Waals surface area contributed by atoms with Gasteiger partial charge in [-0.25, -0.2) is 0 Å². The molecule has 1 amide bonds. The summed E-state index contributed by atoms with van der Waals surface area (Å²) in [5.41, 5.74) is 5.42. The second kappa shape index (κ2) is 9.37. The first-order valence-electron chi connectivity index (χ1n) is 7.76. The van der Waals surface area contributed by atoms with Gasteiger partial charge in [-0.2, -0.15) is 0 Å². The number of hydrogen-bond donors (Lipinski definition) is 2. The van der Waals surface area contributed by atoms with Crippen LogP contribution in [-0.2, 0) is 4.79 Å². The van der Waals surface area contributed by atoms with Crippen molar-refractivity contribution in [2.24, 2.45) is 11.7 Å². The summed E-state index contributed by atoms with van der Waals surface area (Å²) in [6.07, 6.45) is 12.5. The Balaban J connectivity index is 1.96. The minimum Gasteiger partial charge on any atom is -0.368 e. The molecule has 0 aliphatic heterocycles. The summed E-state index contributed by atoms with van der Waals surface area (Å²) < 4.78 is 0. The molecule has 18 heavy (non-hydrogen) atoms. The van der Waals surface area contributed by atoms with Gasteiger partial charge >= 0.3 is 0 Å². The van der Waals surface area contributed by atoms with E-state index in [1.54, 1.807) is 0 Å². The van der Waals surface area contributed by atoms with Gasteiger partial charge in [0, 0.05) is 0 Å². The van der Waals surface area contributed by atoms with Crippen LogP contribution in [0.25, 0.3) is 0 Å². The van der Waals surface area contributed by atoms with Gasteiger partial charge in [-0.3, -0.25) is 4.79 Å². The van der Waals surface area contributed by atoms with Crippen LogP contribution in [0.3, 0.4) is 0 Å². The molecule has 1 atom stereocenters. The maximum Gasteiger partial charge on any atom is 0.234 e. The molecule has 0 bridgehead atoms. The van der Waals surface area contributed by atoms with Crippen molar-refractivity contribution in [2.75, 3.05) is 6.54 Å². The van der Waals surface area contributed by atoms with Gasteiger partial charge in [0.25, 0.3) is 0 Å². The third-order valence-electron chi connectivity index (χ3n) is 3.79. The number of carbonyl (C=O) groups excluding carboxylic acids is 1. The number of amides is 1. The fourth-order valence-corrected chi connectivity index (χ4v) is 2.28. The lowest BCUT2D eigenvalue weighted by molar-refractivity contribution is -0.120. The van der Waals surface area contributed by atoms with Gasteiger partial charge < -0.3 is 11.1 Å². The highest BCUT2D eigenvalue weighted by molar-refractivity contribution is 5.79. The Bertz CT molecular complexity index is 227. The molecule has 3 N–H and O–H groups in total. The molecule has 0 radical (unpaired) electrons. The molecule has 0 aromatic rings. The third kappa shape index (κ3) is 7.70. The summed E-state index contributed by atoms with van der Waals surface area (Å²) in [5, 5.41) is 3.32. The smallest absolute Gasteiger partial charge is 0.234 e. The fraction of sp³-hybridized carbons (Fsp3) is 0.933. The molecule has 1 unspecified atom stereocenters. The SMILES string of the molecule is CCCCCCCCCC(NCC1CC1)C(N)=O. The van der Waals surface area contributed by atoms with E-state index >= 15 is 0 Å². The molecule has 1 saturated carbocycles. The molecule has 1 rings (SSSR count). The molecule has 0 aromatic carbocycles. The van der Waals surface area contributed by atoms with Crippen molar-refractivity contribution in [3.63, 3.8) is 0 Å². The molecule has 0 spiro atoms. The molecular formula is C15H30N2O. The number of hydrogen-bond acceptors (Lipinski definition) is 2. The van der Waals surface area contributed by atoms with Crippen LogP contribution in [0.2, 0.25) is 0 Å². The number of unbranched alkanes of at least 4 members (excludes halogenated alkanes) is 6. The molecule has 0 saturated heterocycles. The molecular weight excluding hydrogens is 224 g/mol. The standard InChI is InChI=1S/C15H30N2O/c1-2-3-4-5-6-7-8-9-14(15(16)18)17-12-13-10-11-13/h13-14,17H,2-12H2,1H3,(H2,16,18). The van der Waals surface area contributed by atoms with Crippen molar-refractivity contribution < 1.29 is 4.79 Å². The Kier molecular flexibility index (Phi) is 8.06. The third-order valence-corrected chi connectivity index (χ3v) is 3.79. The van der Waals surface area contributed by atoms with Crippen LogP contribution >= 0.6 is 0 Å². The number of nitrogens with one attached hydrogen (secondary N) is 1. The van der Waals surface area contributed by atoms with Crippen molar-refractivity contribution in [1.29, 1.82) is 0 Å². The molecule has 3 heteroatoms. The summed E-state index contributed by atoms with van der Waals surface area (Å²) in [4.78, 5) is 11.3. The zero-order valence-electron chi connectivity index (χ0n) is 11.9. The van der Waals surface area contributed by atoms with E-state index in [4.69, 9.17) is 5.73 Å². The summed E-state index contributed by atoms with van der Waals surface area (Å²) in [7, 11) is 0. The molecule has 0 aromatic heterocycles. The molecule has 0 heterocycles. The van der Waals surface area contributed by atoms with Gasteiger partial charge in [0.15, 0.2) is 0 Å². The van der Waals surface area contributed by atoms with E-state index in [2.05, 4.69) is 12.2 Å². The van der Waals surface area contributed by atoms with E-state index in [0.717, 1.165) is 25.3 Å². The van der Waals surface area contributed by atoms with Crippen molar-refractivity contribution in [1.82, 2.24) is 5.32 Å². The number of primary amides is 1. The quantitative estimate of drug-likeness (QED) is 0.526. The molecule has 3 nitrogen and oxygen atoms in total. The molecule has 106 valence electrons. The van der Waals surface area contributed by atoms with Crippen LogP contribution < -0.4 is 11.1 Å². The Labute approximate surface area is 112 Å². The summed E-state index contributed by atoms with van der Waals surface area (Å²) in [6.45, 7) is 3.22. The second-order valence-corrected chi connectivity index (χ2v) is 5.72. The summed E-state index contributed by atoms with van der Waals surface area (Å²) in [6, 6.07) is -0.0961. The van der Waals surface area contributed by atoms with Crippen molar-refractivity contribution in [3.8, 4) is 0 Å². The minimum absolute atomic E-state index is 0.0961. The Hall–Kier alpha value is -0.570. The van der Waals surface area contributed by atoms with Crippen molar-refractivity contribution in [3.05, 3.63) is 0 Å². The first kappa shape index (κ1) is 15.5. The van der Waals surface area contributed by atoms with Crippen LogP contribution in [0.1, 0.15) is 71.1 Å². The zero-order valence-corrected chi connectivity index (χ0v) is 11.9. The lowest BCUT2D eigenvalue weighted by Crippen LogP contribution is -2.42. The van der Waals surface area contributed by atoms with Crippen LogP contribution in [-0.4, -0.2) is 18.5 Å². The van der Waals surface area contributed by atoms with E-state index in [0.29, 0.717) is 0 Å². The number of carbonyl (C=O) groups is 1. The van der Waals surface area contributed by atoms with Crippen LogP contribution in [0.4, 0.5) is 0 Å². The van der Waals surface area contributed by atoms with E-state index < -0.39 is 0 Å². The predicted octanol–water partition coefficient (Wildman–Crippen LogP) is 2.98. The molecule has 1 aliphatic rings. The highest BCUT2D eigenvalue weighted by atomic mass is 16.1. The highest BCUT2D eigenvalue weighted by Crippen LogP contribution is 2.27. The Morgan fingerprint density at radius 3 is 2.33 bits per heavy atom. The minimum atomic E-state index is -0.179. The van der Waals surface area contributed by atoms with Crippen LogP contribution in [0.5, 0.6) is 0 Å². The molecule has 1 aliphatic carbocycles. The van der Waals surface area contributed by atoms with E-state index in [1.807, 2.05) is 0 Å². The fourth-order valence-electron chi connectivity index (χ4n) is 2.28. The maximum absolute atomic E-state index is 11.3. The van der Waals surface area contributed by atoms with Crippen LogP contribution in [0.15, 0.2) is 0 Å². The van der Waals surface area contributed by atoms with Gasteiger partial charge in [-0.05, 0) is 31.7 Å². The van der Waals surface area contributed by atoms with E-state index in [1.165, 1.54) is 51.4 Å². The normalized spacial score (nSPS) is 16.7. The highest BCUT2D eigenvalue weighted by Gasteiger charge is 2.23. The van der Waals surface area contributed by atoms with E-state index in [9.17, 15) is 4.79 Å². The predicted molar refractivity (Wildman–Crippen MR) is 76.3 cm³/mol. The molecule has 1 fully saturated rings. The van der Waals surface area contributed by atoms with E-state index in [-0.39, 0.29) is 11.9 Å².